The number of amides is 2. The molecule has 0 radical (unpaired) electrons. The molecule has 0 spiro atoms. The number of likely N-dealkylation sites (N-methyl/N-ethyl adjacent to an activating group) is 1. The highest BCUT2D eigenvalue weighted by atomic mass is 16.5. The minimum Gasteiger partial charge on any atom is -0.379 e. The number of rotatable bonds is 7. The van der Waals surface area contributed by atoms with E-state index < -0.39 is 0 Å². The van der Waals surface area contributed by atoms with Crippen molar-refractivity contribution in [2.75, 3.05) is 32.1 Å². The fraction of sp³-hybridized carbons (Fsp3) is 0.438. The molecule has 2 aromatic rings. The molecule has 1 saturated carbocycles. The molecule has 0 bridgehead atoms. The van der Waals surface area contributed by atoms with Gasteiger partial charge in [-0.1, -0.05) is 5.21 Å². The smallest absolute Gasteiger partial charge is 0.321 e. The zero-order chi connectivity index (χ0) is 16.1. The van der Waals surface area contributed by atoms with Gasteiger partial charge in [-0.05, 0) is 43.0 Å². The van der Waals surface area contributed by atoms with Gasteiger partial charge in [-0.2, -0.15) is 0 Å². The van der Waals surface area contributed by atoms with Crippen molar-refractivity contribution in [1.29, 1.82) is 0 Å². The number of hydrogen-bond donors (Lipinski definition) is 1. The molecule has 0 unspecified atom stereocenters. The van der Waals surface area contributed by atoms with E-state index in [0.29, 0.717) is 13.2 Å². The van der Waals surface area contributed by atoms with E-state index in [9.17, 15) is 4.79 Å². The zero-order valence-electron chi connectivity index (χ0n) is 13.2. The number of carbonyl (C=O) groups excluding carboxylic acids is 1. The Morgan fingerprint density at radius 1 is 1.39 bits per heavy atom. The number of nitrogens with one attached hydrogen (secondary N) is 1. The Labute approximate surface area is 135 Å². The van der Waals surface area contributed by atoms with Crippen LogP contribution >= 0.6 is 0 Å². The average Bonchev–Trinajstić information content (AvgIpc) is 3.23. The first-order valence-electron chi connectivity index (χ1n) is 7.79. The van der Waals surface area contributed by atoms with Crippen LogP contribution in [0.1, 0.15) is 12.8 Å². The van der Waals surface area contributed by atoms with Crippen molar-refractivity contribution in [2.45, 2.75) is 12.8 Å². The molecule has 0 saturated heterocycles. The van der Waals surface area contributed by atoms with E-state index >= 15 is 0 Å². The summed E-state index contributed by atoms with van der Waals surface area (Å²) >= 11 is 0. The number of hydrogen-bond acceptors (Lipinski definition) is 4. The number of carbonyl (C=O) groups is 1. The highest BCUT2D eigenvalue weighted by Crippen LogP contribution is 2.28. The second kappa shape index (κ2) is 7.23. The lowest BCUT2D eigenvalue weighted by Gasteiger charge is -2.18. The molecule has 1 aliphatic carbocycles. The number of nitrogens with zero attached hydrogens (tertiary/aromatic N) is 4. The lowest BCUT2D eigenvalue weighted by molar-refractivity contribution is 0.109. The molecule has 2 amide bonds. The zero-order valence-corrected chi connectivity index (χ0v) is 13.2. The van der Waals surface area contributed by atoms with Crippen molar-refractivity contribution < 1.29 is 9.53 Å². The first-order valence-corrected chi connectivity index (χ1v) is 7.79. The number of anilines is 1. The molecule has 1 heterocycles. The summed E-state index contributed by atoms with van der Waals surface area (Å²) in [6.45, 7) is 1.97. The first kappa shape index (κ1) is 15.5. The third-order valence-corrected chi connectivity index (χ3v) is 3.77. The van der Waals surface area contributed by atoms with Crippen LogP contribution in [0.2, 0.25) is 0 Å². The first-order chi connectivity index (χ1) is 11.2. The van der Waals surface area contributed by atoms with Gasteiger partial charge in [-0.25, -0.2) is 9.48 Å². The number of benzene rings is 1. The molecule has 1 fully saturated rings. The van der Waals surface area contributed by atoms with Crippen molar-refractivity contribution in [3.05, 3.63) is 36.7 Å². The maximum Gasteiger partial charge on any atom is 0.321 e. The summed E-state index contributed by atoms with van der Waals surface area (Å²) in [5, 5.41) is 10.6. The van der Waals surface area contributed by atoms with Crippen molar-refractivity contribution in [3.8, 4) is 5.69 Å². The highest BCUT2D eigenvalue weighted by Gasteiger charge is 2.21. The molecule has 1 N–H and O–H groups in total. The highest BCUT2D eigenvalue weighted by molar-refractivity contribution is 5.89. The predicted molar refractivity (Wildman–Crippen MR) is 86.6 cm³/mol. The molecule has 122 valence electrons. The van der Waals surface area contributed by atoms with E-state index in [1.807, 2.05) is 24.3 Å². The van der Waals surface area contributed by atoms with Gasteiger partial charge in [-0.15, -0.1) is 5.10 Å². The largest absolute Gasteiger partial charge is 0.379 e. The second-order valence-corrected chi connectivity index (χ2v) is 5.76. The van der Waals surface area contributed by atoms with Gasteiger partial charge in [0.1, 0.15) is 0 Å². The molecular weight excluding hydrogens is 294 g/mol. The maximum absolute atomic E-state index is 12.1. The fourth-order valence-corrected chi connectivity index (χ4v) is 2.10. The summed E-state index contributed by atoms with van der Waals surface area (Å²) in [5.41, 5.74) is 1.63. The van der Waals surface area contributed by atoms with Crippen LogP contribution in [-0.4, -0.2) is 52.7 Å². The number of aromatic nitrogens is 3. The minimum atomic E-state index is -0.145. The van der Waals surface area contributed by atoms with E-state index in [2.05, 4.69) is 15.6 Å². The van der Waals surface area contributed by atoms with Gasteiger partial charge in [0.25, 0.3) is 0 Å². The second-order valence-electron chi connectivity index (χ2n) is 5.76. The fourth-order valence-electron chi connectivity index (χ4n) is 2.10. The summed E-state index contributed by atoms with van der Waals surface area (Å²) in [5.74, 6) is 0.748. The molecule has 1 aliphatic rings. The minimum absolute atomic E-state index is 0.145. The third-order valence-electron chi connectivity index (χ3n) is 3.77. The summed E-state index contributed by atoms with van der Waals surface area (Å²) in [6.07, 6.45) is 5.95. The van der Waals surface area contributed by atoms with E-state index in [1.54, 1.807) is 29.0 Å². The molecule has 1 aromatic heterocycles. The Hall–Kier alpha value is -2.41. The Balaban J connectivity index is 1.44. The van der Waals surface area contributed by atoms with Gasteiger partial charge in [-0.3, -0.25) is 0 Å². The summed E-state index contributed by atoms with van der Waals surface area (Å²) in [4.78, 5) is 13.7. The Bertz CT molecular complexity index is 622. The lowest BCUT2D eigenvalue weighted by Crippen LogP contribution is -2.34. The van der Waals surface area contributed by atoms with Crippen LogP contribution in [0.5, 0.6) is 0 Å². The summed E-state index contributed by atoms with van der Waals surface area (Å²) in [7, 11) is 1.76. The molecule has 7 nitrogen and oxygen atoms in total. The number of ether oxygens (including phenoxy) is 1. The van der Waals surface area contributed by atoms with Gasteiger partial charge in [0.15, 0.2) is 0 Å². The molecule has 0 aliphatic heterocycles. The Morgan fingerprint density at radius 3 is 2.83 bits per heavy atom. The van der Waals surface area contributed by atoms with Crippen LogP contribution in [-0.2, 0) is 4.74 Å². The molecule has 7 heteroatoms. The van der Waals surface area contributed by atoms with Crippen LogP contribution in [0.15, 0.2) is 36.7 Å². The molecule has 3 rings (SSSR count). The Morgan fingerprint density at radius 2 is 2.17 bits per heavy atom. The van der Waals surface area contributed by atoms with Crippen LogP contribution in [0.3, 0.4) is 0 Å². The molecule has 0 atom stereocenters. The van der Waals surface area contributed by atoms with Gasteiger partial charge in [0.2, 0.25) is 0 Å². The van der Waals surface area contributed by atoms with Crippen LogP contribution < -0.4 is 5.32 Å². The van der Waals surface area contributed by atoms with Crippen molar-refractivity contribution in [1.82, 2.24) is 19.9 Å². The molecule has 1 aromatic carbocycles. The van der Waals surface area contributed by atoms with E-state index in [1.165, 1.54) is 12.8 Å². The normalized spacial score (nSPS) is 13.8. The maximum atomic E-state index is 12.1. The summed E-state index contributed by atoms with van der Waals surface area (Å²) in [6, 6.07) is 7.29. The van der Waals surface area contributed by atoms with Gasteiger partial charge >= 0.3 is 6.03 Å². The number of urea groups is 1. The predicted octanol–water partition coefficient (Wildman–Crippen LogP) is 2.16. The standard InChI is InChI=1S/C16H21N5O2/c1-20(10-11-23-12-13-2-3-13)16(22)18-14-4-6-15(7-5-14)21-9-8-17-19-21/h4-9,13H,2-3,10-12H2,1H3,(H,18,22). The quantitative estimate of drug-likeness (QED) is 0.795. The van der Waals surface area contributed by atoms with Gasteiger partial charge in [0, 0.05) is 25.9 Å². The summed E-state index contributed by atoms with van der Waals surface area (Å²) < 4.78 is 7.21. The van der Waals surface area contributed by atoms with Crippen molar-refractivity contribution >= 4 is 11.7 Å². The Kier molecular flexibility index (Phi) is 4.87. The van der Waals surface area contributed by atoms with Crippen LogP contribution in [0.25, 0.3) is 5.69 Å². The van der Waals surface area contributed by atoms with E-state index in [-0.39, 0.29) is 6.03 Å². The molecular formula is C16H21N5O2. The molecule has 23 heavy (non-hydrogen) atoms. The van der Waals surface area contributed by atoms with Crippen molar-refractivity contribution in [2.24, 2.45) is 5.92 Å². The third kappa shape index (κ3) is 4.53. The average molecular weight is 315 g/mol. The lowest BCUT2D eigenvalue weighted by atomic mass is 10.3. The van der Waals surface area contributed by atoms with Gasteiger partial charge < -0.3 is 15.0 Å². The van der Waals surface area contributed by atoms with E-state index in [4.69, 9.17) is 4.74 Å². The topological polar surface area (TPSA) is 72.3 Å². The monoisotopic (exact) mass is 315 g/mol. The van der Waals surface area contributed by atoms with Gasteiger partial charge in [0.05, 0.1) is 24.7 Å². The SMILES string of the molecule is CN(CCOCC1CC1)C(=O)Nc1ccc(-n2ccnn2)cc1. The van der Waals surface area contributed by atoms with Crippen LogP contribution in [0, 0.1) is 5.92 Å². The van der Waals surface area contributed by atoms with E-state index in [0.717, 1.165) is 23.9 Å². The van der Waals surface area contributed by atoms with Crippen molar-refractivity contribution in [3.63, 3.8) is 0 Å². The van der Waals surface area contributed by atoms with Crippen LogP contribution in [0.4, 0.5) is 10.5 Å².